The third-order valence-corrected chi connectivity index (χ3v) is 9.77. The second kappa shape index (κ2) is 13.1. The molecule has 228 valence electrons. The van der Waals surface area contributed by atoms with Gasteiger partial charge in [0.25, 0.3) is 10.0 Å². The van der Waals surface area contributed by atoms with Gasteiger partial charge in [-0.15, -0.1) is 0 Å². The van der Waals surface area contributed by atoms with Crippen molar-refractivity contribution in [3.63, 3.8) is 0 Å². The van der Waals surface area contributed by atoms with E-state index < -0.39 is 27.8 Å². The van der Waals surface area contributed by atoms with Gasteiger partial charge in [0.15, 0.2) is 0 Å². The summed E-state index contributed by atoms with van der Waals surface area (Å²) < 4.78 is 47.6. The van der Waals surface area contributed by atoms with Crippen LogP contribution in [0.4, 0.5) is 15.8 Å². The van der Waals surface area contributed by atoms with Crippen LogP contribution < -0.4 is 14.5 Å². The van der Waals surface area contributed by atoms with Gasteiger partial charge in [0, 0.05) is 37.8 Å². The van der Waals surface area contributed by atoms with E-state index in [1.807, 2.05) is 48.3 Å². The lowest BCUT2D eigenvalue weighted by Crippen LogP contribution is -2.47. The zero-order valence-electron chi connectivity index (χ0n) is 24.2. The van der Waals surface area contributed by atoms with Crippen LogP contribution in [0.1, 0.15) is 17.5 Å². The molecule has 0 fully saturated rings. The van der Waals surface area contributed by atoms with Crippen molar-refractivity contribution in [2.24, 2.45) is 0 Å². The quantitative estimate of drug-likeness (QED) is 0.229. The SMILES string of the molecule is COC(=O)CCN(C)c1ccccc1CNC(=O)[C@@H]1Cc2ccccc2N1S(=O)(=O)c1ccc(-c2ccc(F)cc2Cl)cc1. The number of carbonyl (C=O) groups is 2. The summed E-state index contributed by atoms with van der Waals surface area (Å²) in [5.74, 6) is -1.23. The molecule has 44 heavy (non-hydrogen) atoms. The highest BCUT2D eigenvalue weighted by Gasteiger charge is 2.42. The minimum atomic E-state index is -4.16. The number of amides is 1. The zero-order chi connectivity index (χ0) is 31.4. The Labute approximate surface area is 261 Å². The fraction of sp³-hybridized carbons (Fsp3) is 0.212. The molecule has 1 N–H and O–H groups in total. The molecule has 0 unspecified atom stereocenters. The number of sulfonamides is 1. The highest BCUT2D eigenvalue weighted by atomic mass is 35.5. The largest absolute Gasteiger partial charge is 0.469 e. The molecule has 1 atom stereocenters. The van der Waals surface area contributed by atoms with Crippen molar-refractivity contribution in [1.82, 2.24) is 5.32 Å². The van der Waals surface area contributed by atoms with E-state index in [0.717, 1.165) is 16.8 Å². The molecule has 5 rings (SSSR count). The van der Waals surface area contributed by atoms with E-state index in [2.05, 4.69) is 5.32 Å². The van der Waals surface area contributed by atoms with Crippen LogP contribution >= 0.6 is 11.6 Å². The first kappa shape index (κ1) is 31.0. The molecule has 1 amide bonds. The number of benzene rings is 4. The molecule has 4 aromatic rings. The number of carbonyl (C=O) groups excluding carboxylic acids is 2. The van der Waals surface area contributed by atoms with E-state index >= 15 is 0 Å². The summed E-state index contributed by atoms with van der Waals surface area (Å²) in [6.45, 7) is 0.583. The first-order chi connectivity index (χ1) is 21.1. The Hall–Kier alpha value is -4.41. The van der Waals surface area contributed by atoms with Gasteiger partial charge >= 0.3 is 5.97 Å². The molecule has 0 spiro atoms. The lowest BCUT2D eigenvalue weighted by Gasteiger charge is -2.27. The Morgan fingerprint density at radius 2 is 1.73 bits per heavy atom. The first-order valence-electron chi connectivity index (χ1n) is 13.9. The molecule has 1 heterocycles. The molecule has 1 aliphatic rings. The smallest absolute Gasteiger partial charge is 0.307 e. The number of ether oxygens (including phenoxy) is 1. The maximum Gasteiger partial charge on any atom is 0.307 e. The van der Waals surface area contributed by atoms with Crippen molar-refractivity contribution in [2.75, 3.05) is 29.9 Å². The summed E-state index contributed by atoms with van der Waals surface area (Å²) in [4.78, 5) is 27.2. The Balaban J connectivity index is 1.38. The fourth-order valence-electron chi connectivity index (χ4n) is 5.31. The molecule has 4 aromatic carbocycles. The summed E-state index contributed by atoms with van der Waals surface area (Å²) >= 11 is 6.21. The summed E-state index contributed by atoms with van der Waals surface area (Å²) in [6.07, 6.45) is 0.421. The Bertz CT molecular complexity index is 1800. The number of fused-ring (bicyclic) bond motifs is 1. The molecular formula is C33H31ClFN3O5S. The number of nitrogens with zero attached hydrogens (tertiary/aromatic N) is 2. The topological polar surface area (TPSA) is 96.0 Å². The second-order valence-corrected chi connectivity index (χ2v) is 12.6. The molecule has 1 aliphatic heterocycles. The lowest BCUT2D eigenvalue weighted by atomic mass is 10.1. The second-order valence-electron chi connectivity index (χ2n) is 10.4. The minimum Gasteiger partial charge on any atom is -0.469 e. The molecule has 0 aliphatic carbocycles. The van der Waals surface area contributed by atoms with Crippen molar-refractivity contribution < 1.29 is 27.1 Å². The molecule has 0 saturated carbocycles. The fourth-order valence-corrected chi connectivity index (χ4v) is 7.24. The van der Waals surface area contributed by atoms with Crippen LogP contribution in [0.3, 0.4) is 0 Å². The van der Waals surface area contributed by atoms with Crippen molar-refractivity contribution in [3.05, 3.63) is 113 Å². The third-order valence-electron chi connectivity index (χ3n) is 7.62. The van der Waals surface area contributed by atoms with Gasteiger partial charge in [-0.2, -0.15) is 0 Å². The molecule has 8 nitrogen and oxygen atoms in total. The maximum absolute atomic E-state index is 14.1. The number of methoxy groups -OCH3 is 1. The number of hydrogen-bond acceptors (Lipinski definition) is 6. The number of halogens is 2. The number of anilines is 2. The van der Waals surface area contributed by atoms with E-state index in [-0.39, 0.29) is 35.3 Å². The van der Waals surface area contributed by atoms with Crippen LogP contribution in [0, 0.1) is 5.82 Å². The van der Waals surface area contributed by atoms with Crippen LogP contribution in [-0.2, 0) is 37.3 Å². The number of hydrogen-bond donors (Lipinski definition) is 1. The highest BCUT2D eigenvalue weighted by Crippen LogP contribution is 2.38. The molecule has 0 saturated heterocycles. The third kappa shape index (κ3) is 6.41. The van der Waals surface area contributed by atoms with Crippen LogP contribution in [-0.4, -0.2) is 47.0 Å². The van der Waals surface area contributed by atoms with Crippen molar-refractivity contribution in [3.8, 4) is 11.1 Å². The average Bonchev–Trinajstić information content (AvgIpc) is 3.43. The minimum absolute atomic E-state index is 0.00608. The average molecular weight is 636 g/mol. The van der Waals surface area contributed by atoms with E-state index in [0.29, 0.717) is 23.4 Å². The predicted octanol–water partition coefficient (Wildman–Crippen LogP) is 5.58. The Morgan fingerprint density at radius 3 is 2.45 bits per heavy atom. The van der Waals surface area contributed by atoms with Crippen LogP contribution in [0.2, 0.25) is 5.02 Å². The van der Waals surface area contributed by atoms with Gasteiger partial charge in [-0.05, 0) is 59.2 Å². The summed E-state index contributed by atoms with van der Waals surface area (Å²) in [6, 6.07) is 23.7. The van der Waals surface area contributed by atoms with E-state index in [4.69, 9.17) is 16.3 Å². The van der Waals surface area contributed by atoms with Crippen LogP contribution in [0.15, 0.2) is 95.9 Å². The van der Waals surface area contributed by atoms with Crippen molar-refractivity contribution >= 4 is 44.9 Å². The van der Waals surface area contributed by atoms with Gasteiger partial charge in [0.05, 0.1) is 29.1 Å². The molecule has 11 heteroatoms. The van der Waals surface area contributed by atoms with Gasteiger partial charge < -0.3 is 15.0 Å². The predicted molar refractivity (Wildman–Crippen MR) is 169 cm³/mol. The van der Waals surface area contributed by atoms with Gasteiger partial charge in [-0.25, -0.2) is 12.8 Å². The van der Waals surface area contributed by atoms with Crippen molar-refractivity contribution in [1.29, 1.82) is 0 Å². The number of nitrogens with one attached hydrogen (secondary N) is 1. The highest BCUT2D eigenvalue weighted by molar-refractivity contribution is 7.93. The molecule has 0 radical (unpaired) electrons. The monoisotopic (exact) mass is 635 g/mol. The number of para-hydroxylation sites is 2. The van der Waals surface area contributed by atoms with Gasteiger partial charge in [0.2, 0.25) is 5.91 Å². The Morgan fingerprint density at radius 1 is 1.02 bits per heavy atom. The van der Waals surface area contributed by atoms with Crippen molar-refractivity contribution in [2.45, 2.75) is 30.3 Å². The van der Waals surface area contributed by atoms with Crippen LogP contribution in [0.5, 0.6) is 0 Å². The standard InChI is InChI=1S/C33H31ClFN3O5S/c1-37(18-17-32(39)43-2)29-9-5-4-8-24(29)21-36-33(40)31-19-23-7-3-6-10-30(23)38(31)44(41,42)26-14-11-22(12-15-26)27-16-13-25(35)20-28(27)34/h3-16,20,31H,17-19,21H2,1-2H3,(H,36,40)/t31-/m0/s1. The normalized spacial score (nSPS) is 14.2. The van der Waals surface area contributed by atoms with Gasteiger partial charge in [0.1, 0.15) is 11.9 Å². The maximum atomic E-state index is 14.1. The summed E-state index contributed by atoms with van der Waals surface area (Å²) in [5.41, 5.74) is 4.03. The Kier molecular flexibility index (Phi) is 9.22. The summed E-state index contributed by atoms with van der Waals surface area (Å²) in [5, 5.41) is 3.14. The molecular weight excluding hydrogens is 605 g/mol. The van der Waals surface area contributed by atoms with Gasteiger partial charge in [-0.1, -0.05) is 60.1 Å². The molecule has 0 bridgehead atoms. The number of rotatable bonds is 10. The molecule has 0 aromatic heterocycles. The lowest BCUT2D eigenvalue weighted by molar-refractivity contribution is -0.140. The first-order valence-corrected chi connectivity index (χ1v) is 15.7. The summed E-state index contributed by atoms with van der Waals surface area (Å²) in [7, 11) is -0.966. The zero-order valence-corrected chi connectivity index (χ0v) is 25.7. The van der Waals surface area contributed by atoms with E-state index in [9.17, 15) is 22.4 Å². The number of esters is 1. The van der Waals surface area contributed by atoms with E-state index in [1.165, 1.54) is 41.7 Å². The van der Waals surface area contributed by atoms with Gasteiger partial charge in [-0.3, -0.25) is 13.9 Å². The van der Waals surface area contributed by atoms with Crippen LogP contribution in [0.25, 0.3) is 11.1 Å². The van der Waals surface area contributed by atoms with E-state index in [1.54, 1.807) is 24.3 Å².